The molecule has 0 unspecified atom stereocenters. The van der Waals surface area contributed by atoms with Gasteiger partial charge >= 0.3 is 6.18 Å². The average Bonchev–Trinajstić information content (AvgIpc) is 3.11. The smallest absolute Gasteiger partial charge is 0.417 e. The lowest BCUT2D eigenvalue weighted by molar-refractivity contribution is -0.137. The first kappa shape index (κ1) is 26.0. The van der Waals surface area contributed by atoms with Crippen LogP contribution in [0.3, 0.4) is 0 Å². The second-order valence-corrected chi connectivity index (χ2v) is 6.09. The number of halogens is 4. The molecular weight excluding hydrogens is 514 g/mol. The van der Waals surface area contributed by atoms with Crippen molar-refractivity contribution < 1.29 is 22.4 Å². The van der Waals surface area contributed by atoms with Crippen LogP contribution in [0.25, 0.3) is 0 Å². The van der Waals surface area contributed by atoms with Gasteiger partial charge in [-0.2, -0.15) is 13.2 Å². The van der Waals surface area contributed by atoms with E-state index in [0.717, 1.165) is 42.1 Å². The lowest BCUT2D eigenvalue weighted by atomic mass is 10.1. The highest BCUT2D eigenvalue weighted by atomic mass is 127. The Labute approximate surface area is 190 Å². The predicted octanol–water partition coefficient (Wildman–Crippen LogP) is 3.97. The molecule has 0 aliphatic carbocycles. The van der Waals surface area contributed by atoms with Crippen molar-refractivity contribution in [2.75, 3.05) is 19.7 Å². The van der Waals surface area contributed by atoms with Gasteiger partial charge in [0.05, 0.1) is 24.3 Å². The van der Waals surface area contributed by atoms with Crippen molar-refractivity contribution in [2.24, 2.45) is 4.99 Å². The fourth-order valence-corrected chi connectivity index (χ4v) is 2.57. The van der Waals surface area contributed by atoms with Crippen LogP contribution in [0.15, 0.2) is 27.8 Å². The summed E-state index contributed by atoms with van der Waals surface area (Å²) in [5, 5.41) is 10.3. The average molecular weight is 541 g/mol. The zero-order chi connectivity index (χ0) is 21.3. The highest BCUT2D eigenvalue weighted by molar-refractivity contribution is 14.0. The molecule has 2 heterocycles. The Hall–Kier alpha value is -2.05. The maximum Gasteiger partial charge on any atom is 0.417 e. The van der Waals surface area contributed by atoms with Gasteiger partial charge in [-0.25, -0.2) is 9.98 Å². The Morgan fingerprint density at radius 2 is 1.93 bits per heavy atom. The van der Waals surface area contributed by atoms with Crippen LogP contribution in [-0.4, -0.2) is 35.8 Å². The highest BCUT2D eigenvalue weighted by Gasteiger charge is 2.30. The molecule has 0 fully saturated rings. The van der Waals surface area contributed by atoms with E-state index in [1.807, 2.05) is 20.8 Å². The van der Waals surface area contributed by atoms with Crippen LogP contribution in [-0.2, 0) is 25.6 Å². The third-order valence-electron chi connectivity index (χ3n) is 4.05. The van der Waals surface area contributed by atoms with Crippen LogP contribution in [0.4, 0.5) is 13.2 Å². The number of ether oxygens (including phenoxy) is 1. The number of rotatable bonds is 9. The van der Waals surface area contributed by atoms with E-state index < -0.39 is 11.7 Å². The van der Waals surface area contributed by atoms with Gasteiger partial charge in [0.15, 0.2) is 5.96 Å². The van der Waals surface area contributed by atoms with Crippen LogP contribution in [0, 0.1) is 0 Å². The summed E-state index contributed by atoms with van der Waals surface area (Å²) in [4.78, 5) is 8.23. The summed E-state index contributed by atoms with van der Waals surface area (Å²) in [6.07, 6.45) is -2.14. The lowest BCUT2D eigenvalue weighted by Gasteiger charge is -2.12. The van der Waals surface area contributed by atoms with Gasteiger partial charge in [0, 0.05) is 30.8 Å². The molecule has 0 radical (unpaired) electrons. The van der Waals surface area contributed by atoms with Gasteiger partial charge in [0.1, 0.15) is 12.4 Å². The fourth-order valence-electron chi connectivity index (χ4n) is 2.57. The summed E-state index contributed by atoms with van der Waals surface area (Å²) >= 11 is 0. The fraction of sp³-hybridized carbons (Fsp3) is 0.526. The van der Waals surface area contributed by atoms with Gasteiger partial charge in [-0.3, -0.25) is 0 Å². The van der Waals surface area contributed by atoms with Gasteiger partial charge in [-0.1, -0.05) is 19.0 Å². The number of alkyl halides is 3. The third-order valence-corrected chi connectivity index (χ3v) is 4.05. The van der Waals surface area contributed by atoms with Crippen molar-refractivity contribution in [1.29, 1.82) is 0 Å². The van der Waals surface area contributed by atoms with Crippen molar-refractivity contribution in [3.8, 4) is 5.88 Å². The minimum Gasteiger partial charge on any atom is -0.476 e. The van der Waals surface area contributed by atoms with E-state index >= 15 is 0 Å². The number of guanidine groups is 1. The normalized spacial score (nSPS) is 11.7. The van der Waals surface area contributed by atoms with Gasteiger partial charge in [0.25, 0.3) is 0 Å². The molecule has 2 aromatic rings. The number of aliphatic imine (C=N–C) groups is 1. The number of nitrogens with one attached hydrogen (secondary N) is 2. The second kappa shape index (κ2) is 12.6. The van der Waals surface area contributed by atoms with Gasteiger partial charge < -0.3 is 19.9 Å². The molecule has 0 amide bonds. The van der Waals surface area contributed by atoms with E-state index in [-0.39, 0.29) is 36.5 Å². The summed E-state index contributed by atoms with van der Waals surface area (Å²) in [6, 6.07) is 2.14. The van der Waals surface area contributed by atoms with E-state index in [1.54, 1.807) is 0 Å². The molecule has 0 aliphatic rings. The van der Waals surface area contributed by atoms with Gasteiger partial charge in [0.2, 0.25) is 5.88 Å². The van der Waals surface area contributed by atoms with E-state index in [2.05, 4.69) is 25.8 Å². The summed E-state index contributed by atoms with van der Waals surface area (Å²) in [6.45, 7) is 7.71. The van der Waals surface area contributed by atoms with Crippen LogP contribution in [0.1, 0.15) is 43.4 Å². The number of hydrogen-bond donors (Lipinski definition) is 2. The Balaban J connectivity index is 0.00000450. The molecule has 2 rings (SSSR count). The molecule has 7 nitrogen and oxygen atoms in total. The maximum atomic E-state index is 12.5. The van der Waals surface area contributed by atoms with Crippen molar-refractivity contribution in [3.05, 3.63) is 40.9 Å². The third kappa shape index (κ3) is 7.65. The molecule has 0 bridgehead atoms. The van der Waals surface area contributed by atoms with Crippen molar-refractivity contribution in [3.63, 3.8) is 0 Å². The maximum absolute atomic E-state index is 12.5. The summed E-state index contributed by atoms with van der Waals surface area (Å²) in [5.41, 5.74) is 1.09. The van der Waals surface area contributed by atoms with Crippen molar-refractivity contribution in [1.82, 2.24) is 20.8 Å². The van der Waals surface area contributed by atoms with Crippen molar-refractivity contribution in [2.45, 2.75) is 46.3 Å². The standard InChI is InChI=1S/C19H26F3N5O2.HI/c1-4-15-14(16(5-2)29-27-15)12-26-18(23-6-3)24-9-10-28-17-8-7-13(11-25-17)19(20,21)22;/h7-8,11H,4-6,9-10,12H2,1-3H3,(H2,23,24,26);1H. The molecule has 0 spiro atoms. The molecule has 2 N–H and O–H groups in total. The van der Waals surface area contributed by atoms with E-state index in [9.17, 15) is 13.2 Å². The van der Waals surface area contributed by atoms with Gasteiger partial charge in [-0.05, 0) is 19.4 Å². The molecule has 0 saturated carbocycles. The largest absolute Gasteiger partial charge is 0.476 e. The predicted molar refractivity (Wildman–Crippen MR) is 118 cm³/mol. The minimum atomic E-state index is -4.41. The molecule has 2 aromatic heterocycles. The molecule has 11 heteroatoms. The molecule has 0 aliphatic heterocycles. The molecule has 0 atom stereocenters. The lowest BCUT2D eigenvalue weighted by Crippen LogP contribution is -2.39. The number of nitrogens with zero attached hydrogens (tertiary/aromatic N) is 3. The SMILES string of the molecule is CCNC(=NCc1c(CC)noc1CC)NCCOc1ccc(C(F)(F)F)cn1.I. The van der Waals surface area contributed by atoms with Crippen molar-refractivity contribution >= 4 is 29.9 Å². The number of hydrogen-bond acceptors (Lipinski definition) is 5. The summed E-state index contributed by atoms with van der Waals surface area (Å²) < 4.78 is 48.3. The summed E-state index contributed by atoms with van der Waals surface area (Å²) in [5.74, 6) is 1.56. The van der Waals surface area contributed by atoms with E-state index in [1.165, 1.54) is 6.07 Å². The molecular formula is C19H27F3IN5O2. The van der Waals surface area contributed by atoms with E-state index in [4.69, 9.17) is 9.26 Å². The number of aromatic nitrogens is 2. The zero-order valence-electron chi connectivity index (χ0n) is 17.2. The molecule has 168 valence electrons. The van der Waals surface area contributed by atoms with Crippen LogP contribution in [0.5, 0.6) is 5.88 Å². The molecule has 0 saturated heterocycles. The molecule has 0 aromatic carbocycles. The first-order valence-corrected chi connectivity index (χ1v) is 9.53. The highest BCUT2D eigenvalue weighted by Crippen LogP contribution is 2.29. The van der Waals surface area contributed by atoms with Crippen LogP contribution >= 0.6 is 24.0 Å². The quantitative estimate of drug-likeness (QED) is 0.217. The Bertz CT molecular complexity index is 773. The number of aryl methyl sites for hydroxylation is 2. The Kier molecular flexibility index (Phi) is 10.9. The van der Waals surface area contributed by atoms with Crippen LogP contribution in [0.2, 0.25) is 0 Å². The number of pyridine rings is 1. The van der Waals surface area contributed by atoms with Crippen LogP contribution < -0.4 is 15.4 Å². The van der Waals surface area contributed by atoms with E-state index in [0.29, 0.717) is 25.6 Å². The topological polar surface area (TPSA) is 84.6 Å². The van der Waals surface area contributed by atoms with Gasteiger partial charge in [-0.15, -0.1) is 24.0 Å². The first-order valence-electron chi connectivity index (χ1n) is 9.53. The minimum absolute atomic E-state index is 0. The Morgan fingerprint density at radius 1 is 1.17 bits per heavy atom. The first-order chi connectivity index (χ1) is 13.9. The summed E-state index contributed by atoms with van der Waals surface area (Å²) in [7, 11) is 0. The monoisotopic (exact) mass is 541 g/mol. The zero-order valence-corrected chi connectivity index (χ0v) is 19.5. The Morgan fingerprint density at radius 3 is 2.50 bits per heavy atom. The molecule has 30 heavy (non-hydrogen) atoms. The second-order valence-electron chi connectivity index (χ2n) is 6.09.